The van der Waals surface area contributed by atoms with Gasteiger partial charge in [0.2, 0.25) is 0 Å². The lowest BCUT2D eigenvalue weighted by molar-refractivity contribution is 0.0515. The van der Waals surface area contributed by atoms with Crippen LogP contribution in [0.4, 0.5) is 5.69 Å². The standard InChI is InChI=1S/C17H17Cl2NO2/c1-2-20(14-6-4-3-5-7-14)10-11-22-17(21)15-12-13(18)8-9-16(15)19/h3-9,12H,2,10-11H2,1H3. The van der Waals surface area contributed by atoms with Crippen LogP contribution in [0.2, 0.25) is 10.0 Å². The second-order valence-corrected chi connectivity index (χ2v) is 5.52. The number of halogens is 2. The van der Waals surface area contributed by atoms with Crippen LogP contribution >= 0.6 is 23.2 Å². The quantitative estimate of drug-likeness (QED) is 0.717. The highest BCUT2D eigenvalue weighted by atomic mass is 35.5. The van der Waals surface area contributed by atoms with Gasteiger partial charge in [-0.2, -0.15) is 0 Å². The third-order valence-corrected chi connectivity index (χ3v) is 3.81. The molecule has 0 N–H and O–H groups in total. The normalized spacial score (nSPS) is 10.3. The first-order chi connectivity index (χ1) is 10.6. The Morgan fingerprint density at radius 1 is 1.14 bits per heavy atom. The van der Waals surface area contributed by atoms with E-state index in [9.17, 15) is 4.79 Å². The fourth-order valence-electron chi connectivity index (χ4n) is 2.09. The van der Waals surface area contributed by atoms with E-state index in [1.807, 2.05) is 30.3 Å². The van der Waals surface area contributed by atoms with E-state index in [-0.39, 0.29) is 12.2 Å². The maximum Gasteiger partial charge on any atom is 0.339 e. The molecule has 0 bridgehead atoms. The van der Waals surface area contributed by atoms with Gasteiger partial charge >= 0.3 is 5.97 Å². The molecule has 0 saturated heterocycles. The third kappa shape index (κ3) is 4.39. The fourth-order valence-corrected chi connectivity index (χ4v) is 2.46. The van der Waals surface area contributed by atoms with E-state index < -0.39 is 5.97 Å². The third-order valence-electron chi connectivity index (χ3n) is 3.25. The monoisotopic (exact) mass is 337 g/mol. The van der Waals surface area contributed by atoms with Gasteiger partial charge in [0.25, 0.3) is 0 Å². The van der Waals surface area contributed by atoms with Gasteiger partial charge in [-0.15, -0.1) is 0 Å². The lowest BCUT2D eigenvalue weighted by atomic mass is 10.2. The molecule has 0 aliphatic carbocycles. The molecule has 0 aliphatic rings. The molecule has 0 aromatic heterocycles. The van der Waals surface area contributed by atoms with Gasteiger partial charge in [-0.1, -0.05) is 41.4 Å². The molecule has 2 aromatic rings. The molecule has 0 atom stereocenters. The van der Waals surface area contributed by atoms with E-state index >= 15 is 0 Å². The summed E-state index contributed by atoms with van der Waals surface area (Å²) in [6.45, 7) is 3.79. The number of carbonyl (C=O) groups excluding carboxylic acids is 1. The van der Waals surface area contributed by atoms with Crippen LogP contribution in [0.3, 0.4) is 0 Å². The highest BCUT2D eigenvalue weighted by molar-refractivity contribution is 6.35. The molecule has 3 nitrogen and oxygen atoms in total. The summed E-state index contributed by atoms with van der Waals surface area (Å²) in [5.74, 6) is -0.461. The maximum absolute atomic E-state index is 12.0. The van der Waals surface area contributed by atoms with Crippen LogP contribution in [-0.2, 0) is 4.74 Å². The van der Waals surface area contributed by atoms with Crippen molar-refractivity contribution < 1.29 is 9.53 Å². The van der Waals surface area contributed by atoms with Crippen LogP contribution in [0.5, 0.6) is 0 Å². The zero-order valence-electron chi connectivity index (χ0n) is 12.3. The lowest BCUT2D eigenvalue weighted by Crippen LogP contribution is -2.28. The van der Waals surface area contributed by atoms with E-state index in [2.05, 4.69) is 11.8 Å². The Morgan fingerprint density at radius 2 is 1.86 bits per heavy atom. The van der Waals surface area contributed by atoms with Crippen molar-refractivity contribution in [2.45, 2.75) is 6.92 Å². The highest BCUT2D eigenvalue weighted by Gasteiger charge is 2.13. The SMILES string of the molecule is CCN(CCOC(=O)c1cc(Cl)ccc1Cl)c1ccccc1. The van der Waals surface area contributed by atoms with Gasteiger partial charge in [0, 0.05) is 17.3 Å². The number of esters is 1. The van der Waals surface area contributed by atoms with Gasteiger partial charge in [0.15, 0.2) is 0 Å². The molecule has 0 saturated carbocycles. The number of para-hydroxylation sites is 1. The first kappa shape index (κ1) is 16.7. The Balaban J connectivity index is 1.92. The molecule has 116 valence electrons. The van der Waals surface area contributed by atoms with Crippen molar-refractivity contribution in [1.29, 1.82) is 0 Å². The van der Waals surface area contributed by atoms with E-state index in [4.69, 9.17) is 27.9 Å². The molecule has 0 unspecified atom stereocenters. The van der Waals surface area contributed by atoms with E-state index in [1.54, 1.807) is 12.1 Å². The van der Waals surface area contributed by atoms with Gasteiger partial charge in [-0.3, -0.25) is 0 Å². The number of likely N-dealkylation sites (N-methyl/N-ethyl adjacent to an activating group) is 1. The number of anilines is 1. The van der Waals surface area contributed by atoms with Crippen molar-refractivity contribution in [1.82, 2.24) is 0 Å². The zero-order valence-corrected chi connectivity index (χ0v) is 13.8. The molecule has 0 aliphatic heterocycles. The van der Waals surface area contributed by atoms with Crippen LogP contribution < -0.4 is 4.90 Å². The number of ether oxygens (including phenoxy) is 1. The Morgan fingerprint density at radius 3 is 2.55 bits per heavy atom. The summed E-state index contributed by atoms with van der Waals surface area (Å²) in [6, 6.07) is 14.7. The molecule has 0 fully saturated rings. The van der Waals surface area contributed by atoms with Gasteiger partial charge in [0.05, 0.1) is 17.1 Å². The summed E-state index contributed by atoms with van der Waals surface area (Å²) >= 11 is 11.9. The van der Waals surface area contributed by atoms with Crippen molar-refractivity contribution in [3.8, 4) is 0 Å². The van der Waals surface area contributed by atoms with Gasteiger partial charge in [-0.05, 0) is 37.3 Å². The Hall–Kier alpha value is -1.71. The summed E-state index contributed by atoms with van der Waals surface area (Å²) in [4.78, 5) is 14.2. The minimum Gasteiger partial charge on any atom is -0.460 e. The Labute approximate surface area is 140 Å². The largest absolute Gasteiger partial charge is 0.460 e. The molecular weight excluding hydrogens is 321 g/mol. The molecule has 5 heteroatoms. The Bertz CT molecular complexity index is 632. The predicted octanol–water partition coefficient (Wildman–Crippen LogP) is 4.68. The summed E-state index contributed by atoms with van der Waals surface area (Å²) in [7, 11) is 0. The van der Waals surface area contributed by atoms with E-state index in [0.717, 1.165) is 12.2 Å². The van der Waals surface area contributed by atoms with Crippen molar-refractivity contribution in [3.63, 3.8) is 0 Å². The smallest absolute Gasteiger partial charge is 0.339 e. The van der Waals surface area contributed by atoms with Crippen molar-refractivity contribution in [3.05, 3.63) is 64.1 Å². The molecule has 2 rings (SSSR count). The number of benzene rings is 2. The molecule has 0 heterocycles. The minimum absolute atomic E-state index is 0.282. The first-order valence-corrected chi connectivity index (χ1v) is 7.79. The summed E-state index contributed by atoms with van der Waals surface area (Å²) in [5.41, 5.74) is 1.39. The minimum atomic E-state index is -0.461. The molecule has 22 heavy (non-hydrogen) atoms. The van der Waals surface area contributed by atoms with Crippen LogP contribution in [-0.4, -0.2) is 25.7 Å². The molecule has 0 radical (unpaired) electrons. The summed E-state index contributed by atoms with van der Waals surface area (Å²) < 4.78 is 5.29. The number of hydrogen-bond acceptors (Lipinski definition) is 3. The fraction of sp³-hybridized carbons (Fsp3) is 0.235. The Kier molecular flexibility index (Phi) is 6.10. The van der Waals surface area contributed by atoms with Crippen LogP contribution in [0.15, 0.2) is 48.5 Å². The average Bonchev–Trinajstić information content (AvgIpc) is 2.54. The topological polar surface area (TPSA) is 29.5 Å². The van der Waals surface area contributed by atoms with E-state index in [0.29, 0.717) is 16.6 Å². The summed E-state index contributed by atoms with van der Waals surface area (Å²) in [6.07, 6.45) is 0. The number of rotatable bonds is 6. The van der Waals surface area contributed by atoms with Crippen molar-refractivity contribution >= 4 is 34.9 Å². The predicted molar refractivity (Wildman–Crippen MR) is 91.1 cm³/mol. The van der Waals surface area contributed by atoms with Crippen LogP contribution in [0.25, 0.3) is 0 Å². The van der Waals surface area contributed by atoms with Gasteiger partial charge in [-0.25, -0.2) is 4.79 Å². The maximum atomic E-state index is 12.0. The molecular formula is C17H17Cl2NO2. The average molecular weight is 338 g/mol. The molecule has 2 aromatic carbocycles. The zero-order chi connectivity index (χ0) is 15.9. The van der Waals surface area contributed by atoms with Gasteiger partial charge in [0.1, 0.15) is 6.61 Å². The van der Waals surface area contributed by atoms with Crippen LogP contribution in [0.1, 0.15) is 17.3 Å². The molecule has 0 spiro atoms. The number of hydrogen-bond donors (Lipinski definition) is 0. The first-order valence-electron chi connectivity index (χ1n) is 7.04. The van der Waals surface area contributed by atoms with E-state index in [1.165, 1.54) is 6.07 Å². The molecule has 0 amide bonds. The van der Waals surface area contributed by atoms with Crippen molar-refractivity contribution in [2.75, 3.05) is 24.6 Å². The number of nitrogens with zero attached hydrogens (tertiary/aromatic N) is 1. The van der Waals surface area contributed by atoms with Crippen molar-refractivity contribution in [2.24, 2.45) is 0 Å². The highest BCUT2D eigenvalue weighted by Crippen LogP contribution is 2.21. The van der Waals surface area contributed by atoms with Gasteiger partial charge < -0.3 is 9.64 Å². The lowest BCUT2D eigenvalue weighted by Gasteiger charge is -2.22. The second kappa shape index (κ2) is 8.06. The van der Waals surface area contributed by atoms with Crippen LogP contribution in [0, 0.1) is 0 Å². The number of carbonyl (C=O) groups is 1. The second-order valence-electron chi connectivity index (χ2n) is 4.68. The summed E-state index contributed by atoms with van der Waals surface area (Å²) in [5, 5.41) is 0.792.